The Balaban J connectivity index is 1.62. The lowest BCUT2D eigenvalue weighted by Gasteiger charge is -2.21. The number of imide groups is 1. The Bertz CT molecular complexity index is 982. The molecule has 2 aromatic rings. The van der Waals surface area contributed by atoms with Gasteiger partial charge in [-0.15, -0.1) is 0 Å². The van der Waals surface area contributed by atoms with Crippen molar-refractivity contribution in [1.29, 1.82) is 0 Å². The number of halogens is 2. The van der Waals surface area contributed by atoms with E-state index in [9.17, 15) is 14.4 Å². The van der Waals surface area contributed by atoms with Gasteiger partial charge in [0.1, 0.15) is 6.10 Å². The van der Waals surface area contributed by atoms with Crippen LogP contribution in [0.15, 0.2) is 36.4 Å². The number of hydrogen-bond donors (Lipinski definition) is 0. The van der Waals surface area contributed by atoms with E-state index >= 15 is 0 Å². The first-order chi connectivity index (χ1) is 13.5. The molecule has 1 aliphatic heterocycles. The SMILES string of the molecule is O=C(OC1CCCCC1)c1ccc2c(c1)C(=O)N(c1cccc(Cl)c1Cl)C2=O. The summed E-state index contributed by atoms with van der Waals surface area (Å²) in [5.74, 6) is -1.53. The summed E-state index contributed by atoms with van der Waals surface area (Å²) < 4.78 is 5.56. The molecule has 0 saturated heterocycles. The summed E-state index contributed by atoms with van der Waals surface area (Å²) in [6, 6.07) is 9.14. The van der Waals surface area contributed by atoms with E-state index in [2.05, 4.69) is 0 Å². The van der Waals surface area contributed by atoms with Gasteiger partial charge in [-0.3, -0.25) is 9.59 Å². The van der Waals surface area contributed by atoms with Crippen LogP contribution >= 0.6 is 23.2 Å². The zero-order valence-corrected chi connectivity index (χ0v) is 16.4. The van der Waals surface area contributed by atoms with Crippen LogP contribution in [0.25, 0.3) is 0 Å². The van der Waals surface area contributed by atoms with Gasteiger partial charge in [-0.1, -0.05) is 35.7 Å². The Morgan fingerprint density at radius 2 is 1.68 bits per heavy atom. The molecule has 144 valence electrons. The fourth-order valence-electron chi connectivity index (χ4n) is 3.65. The molecule has 4 rings (SSSR count). The molecule has 2 aromatic carbocycles. The number of amides is 2. The van der Waals surface area contributed by atoms with Crippen LogP contribution in [-0.2, 0) is 4.74 Å². The molecule has 0 spiro atoms. The number of esters is 1. The van der Waals surface area contributed by atoms with E-state index < -0.39 is 17.8 Å². The van der Waals surface area contributed by atoms with E-state index in [-0.39, 0.29) is 38.5 Å². The number of fused-ring (bicyclic) bond motifs is 1. The lowest BCUT2D eigenvalue weighted by atomic mass is 9.97. The molecule has 1 heterocycles. The third-order valence-electron chi connectivity index (χ3n) is 5.12. The zero-order valence-electron chi connectivity index (χ0n) is 14.9. The maximum Gasteiger partial charge on any atom is 0.338 e. The van der Waals surface area contributed by atoms with Crippen molar-refractivity contribution in [3.8, 4) is 0 Å². The maximum atomic E-state index is 12.9. The number of nitrogens with zero attached hydrogens (tertiary/aromatic N) is 1. The Morgan fingerprint density at radius 1 is 0.964 bits per heavy atom. The number of benzene rings is 2. The fourth-order valence-corrected chi connectivity index (χ4v) is 4.03. The molecule has 7 heteroatoms. The van der Waals surface area contributed by atoms with Crippen LogP contribution in [0.3, 0.4) is 0 Å². The minimum Gasteiger partial charge on any atom is -0.459 e. The van der Waals surface area contributed by atoms with Crippen molar-refractivity contribution >= 4 is 46.7 Å². The van der Waals surface area contributed by atoms with Crippen LogP contribution < -0.4 is 4.90 Å². The third kappa shape index (κ3) is 3.29. The summed E-state index contributed by atoms with van der Waals surface area (Å²) >= 11 is 12.2. The van der Waals surface area contributed by atoms with Gasteiger partial charge in [0, 0.05) is 0 Å². The van der Waals surface area contributed by atoms with Gasteiger partial charge in [0.25, 0.3) is 11.8 Å². The first-order valence-corrected chi connectivity index (χ1v) is 9.91. The summed E-state index contributed by atoms with van der Waals surface area (Å²) in [5.41, 5.74) is 0.839. The molecule has 0 N–H and O–H groups in total. The van der Waals surface area contributed by atoms with Crippen LogP contribution in [0.5, 0.6) is 0 Å². The molecule has 1 aliphatic carbocycles. The molecule has 0 unspecified atom stereocenters. The highest BCUT2D eigenvalue weighted by molar-refractivity contribution is 6.46. The number of hydrogen-bond acceptors (Lipinski definition) is 4. The van der Waals surface area contributed by atoms with E-state index in [4.69, 9.17) is 27.9 Å². The number of carbonyl (C=O) groups excluding carboxylic acids is 3. The van der Waals surface area contributed by atoms with Crippen molar-refractivity contribution < 1.29 is 19.1 Å². The Labute approximate surface area is 172 Å². The molecule has 0 atom stereocenters. The van der Waals surface area contributed by atoms with Crippen LogP contribution in [0.4, 0.5) is 5.69 Å². The van der Waals surface area contributed by atoms with Crippen molar-refractivity contribution in [3.63, 3.8) is 0 Å². The van der Waals surface area contributed by atoms with Gasteiger partial charge in [-0.05, 0) is 56.0 Å². The van der Waals surface area contributed by atoms with Crippen LogP contribution in [0.2, 0.25) is 10.0 Å². The van der Waals surface area contributed by atoms with Crippen LogP contribution in [0.1, 0.15) is 63.2 Å². The van der Waals surface area contributed by atoms with Gasteiger partial charge in [0.05, 0.1) is 32.4 Å². The minimum absolute atomic E-state index is 0.0893. The smallest absolute Gasteiger partial charge is 0.338 e. The molecule has 5 nitrogen and oxygen atoms in total. The highest BCUT2D eigenvalue weighted by atomic mass is 35.5. The number of ether oxygens (including phenoxy) is 1. The summed E-state index contributed by atoms with van der Waals surface area (Å²) in [7, 11) is 0. The number of carbonyl (C=O) groups is 3. The lowest BCUT2D eigenvalue weighted by molar-refractivity contribution is 0.0211. The summed E-state index contributed by atoms with van der Waals surface area (Å²) in [4.78, 5) is 39.1. The quantitative estimate of drug-likeness (QED) is 0.502. The molecule has 1 saturated carbocycles. The number of anilines is 1. The molecular weight excluding hydrogens is 401 g/mol. The molecule has 0 bridgehead atoms. The summed E-state index contributed by atoms with van der Waals surface area (Å²) in [6.07, 6.45) is 4.87. The Morgan fingerprint density at radius 3 is 2.43 bits per heavy atom. The molecule has 0 aromatic heterocycles. The van der Waals surface area contributed by atoms with Crippen LogP contribution in [0, 0.1) is 0 Å². The van der Waals surface area contributed by atoms with Crippen LogP contribution in [-0.4, -0.2) is 23.9 Å². The topological polar surface area (TPSA) is 63.7 Å². The first kappa shape index (κ1) is 19.0. The summed E-state index contributed by atoms with van der Waals surface area (Å²) in [6.45, 7) is 0. The molecule has 28 heavy (non-hydrogen) atoms. The number of rotatable bonds is 3. The lowest BCUT2D eigenvalue weighted by Crippen LogP contribution is -2.29. The largest absolute Gasteiger partial charge is 0.459 e. The molecule has 2 aliphatic rings. The maximum absolute atomic E-state index is 12.9. The normalized spacial score (nSPS) is 17.0. The average Bonchev–Trinajstić information content (AvgIpc) is 2.95. The molecule has 2 amide bonds. The van der Waals surface area contributed by atoms with Crippen molar-refractivity contribution in [3.05, 3.63) is 63.1 Å². The predicted molar refractivity (Wildman–Crippen MR) is 106 cm³/mol. The third-order valence-corrected chi connectivity index (χ3v) is 5.93. The monoisotopic (exact) mass is 417 g/mol. The van der Waals surface area contributed by atoms with Gasteiger partial charge >= 0.3 is 5.97 Å². The second-order valence-electron chi connectivity index (χ2n) is 6.94. The van der Waals surface area contributed by atoms with E-state index in [1.165, 1.54) is 18.2 Å². The minimum atomic E-state index is -0.545. The molecule has 0 radical (unpaired) electrons. The van der Waals surface area contributed by atoms with Gasteiger partial charge in [-0.2, -0.15) is 0 Å². The highest BCUT2D eigenvalue weighted by Gasteiger charge is 2.38. The zero-order chi connectivity index (χ0) is 19.8. The molecular formula is C21H17Cl2NO4. The van der Waals surface area contributed by atoms with Crippen molar-refractivity contribution in [1.82, 2.24) is 0 Å². The van der Waals surface area contributed by atoms with E-state index in [0.29, 0.717) is 0 Å². The van der Waals surface area contributed by atoms with E-state index in [1.807, 2.05) is 0 Å². The van der Waals surface area contributed by atoms with Gasteiger partial charge in [0.15, 0.2) is 0 Å². The first-order valence-electron chi connectivity index (χ1n) is 9.15. The van der Waals surface area contributed by atoms with Crippen molar-refractivity contribution in [2.45, 2.75) is 38.2 Å². The molecule has 1 fully saturated rings. The van der Waals surface area contributed by atoms with Gasteiger partial charge in [-0.25, -0.2) is 9.69 Å². The van der Waals surface area contributed by atoms with Crippen molar-refractivity contribution in [2.24, 2.45) is 0 Å². The Kier molecular flexibility index (Phi) is 5.13. The van der Waals surface area contributed by atoms with Gasteiger partial charge in [0.2, 0.25) is 0 Å². The highest BCUT2D eigenvalue weighted by Crippen LogP contribution is 2.37. The standard InChI is InChI=1S/C21H17Cl2NO4/c22-16-7-4-8-17(18(16)23)24-19(25)14-10-9-12(11-15(14)20(24)26)21(27)28-13-5-2-1-3-6-13/h4,7-11,13H,1-3,5-6H2. The van der Waals surface area contributed by atoms with E-state index in [1.54, 1.807) is 18.2 Å². The van der Waals surface area contributed by atoms with E-state index in [0.717, 1.165) is 37.0 Å². The van der Waals surface area contributed by atoms with Crippen molar-refractivity contribution in [2.75, 3.05) is 4.90 Å². The van der Waals surface area contributed by atoms with Gasteiger partial charge < -0.3 is 4.74 Å². The predicted octanol–water partition coefficient (Wildman–Crippen LogP) is 5.28. The summed E-state index contributed by atoms with van der Waals surface area (Å²) in [5, 5.41) is 0.364. The second-order valence-corrected chi connectivity index (χ2v) is 7.73. The Hall–Kier alpha value is -2.37. The second kappa shape index (κ2) is 7.57. The average molecular weight is 418 g/mol. The fraction of sp³-hybridized carbons (Fsp3) is 0.286.